The van der Waals surface area contributed by atoms with Gasteiger partial charge in [-0.1, -0.05) is 11.3 Å². The molecule has 0 aromatic carbocycles. The standard InChI is InChI=1S/C20H21N5S2/c1-23-6-7-24(10-15-4-8-26-13-15)12-19(23)20-18-3-2-16(11-25(18)22-21-20)17-5-9-27-14-17/h2-5,8-9,11,13-14,19H,6-7,10,12H2,1H3. The van der Waals surface area contributed by atoms with Crippen molar-refractivity contribution in [2.45, 2.75) is 12.6 Å². The molecule has 1 atom stereocenters. The molecule has 1 aliphatic rings. The van der Waals surface area contributed by atoms with Crippen molar-refractivity contribution in [2.75, 3.05) is 26.7 Å². The van der Waals surface area contributed by atoms with Crippen molar-refractivity contribution in [2.24, 2.45) is 0 Å². The van der Waals surface area contributed by atoms with Crippen LogP contribution in [0.4, 0.5) is 0 Å². The van der Waals surface area contributed by atoms with Gasteiger partial charge >= 0.3 is 0 Å². The highest BCUT2D eigenvalue weighted by molar-refractivity contribution is 7.08. The van der Waals surface area contributed by atoms with Gasteiger partial charge in [-0.15, -0.1) is 5.10 Å². The van der Waals surface area contributed by atoms with Crippen LogP contribution in [0.15, 0.2) is 52.0 Å². The van der Waals surface area contributed by atoms with E-state index in [1.54, 1.807) is 22.7 Å². The maximum absolute atomic E-state index is 4.57. The molecule has 7 heteroatoms. The van der Waals surface area contributed by atoms with Crippen molar-refractivity contribution < 1.29 is 0 Å². The molecule has 1 unspecified atom stereocenters. The summed E-state index contributed by atoms with van der Waals surface area (Å²) in [7, 11) is 2.19. The molecule has 0 bridgehead atoms. The molecule has 5 rings (SSSR count). The lowest BCUT2D eigenvalue weighted by Gasteiger charge is -2.38. The topological polar surface area (TPSA) is 36.7 Å². The summed E-state index contributed by atoms with van der Waals surface area (Å²) >= 11 is 3.48. The van der Waals surface area contributed by atoms with E-state index in [1.165, 1.54) is 16.7 Å². The number of rotatable bonds is 4. The van der Waals surface area contributed by atoms with E-state index < -0.39 is 0 Å². The normalized spacial score (nSPS) is 19.1. The Balaban J connectivity index is 1.43. The Morgan fingerprint density at radius 1 is 1.04 bits per heavy atom. The van der Waals surface area contributed by atoms with Gasteiger partial charge in [-0.25, -0.2) is 4.52 Å². The number of fused-ring (bicyclic) bond motifs is 1. The van der Waals surface area contributed by atoms with E-state index >= 15 is 0 Å². The molecular weight excluding hydrogens is 374 g/mol. The minimum Gasteiger partial charge on any atom is -0.296 e. The molecule has 1 fully saturated rings. The maximum Gasteiger partial charge on any atom is 0.109 e. The number of nitrogens with zero attached hydrogens (tertiary/aromatic N) is 5. The average Bonchev–Trinajstić information content (AvgIpc) is 3.44. The molecule has 0 radical (unpaired) electrons. The Kier molecular flexibility index (Phi) is 4.53. The van der Waals surface area contributed by atoms with Crippen molar-refractivity contribution in [1.29, 1.82) is 0 Å². The van der Waals surface area contributed by atoms with Crippen LogP contribution in [-0.2, 0) is 6.54 Å². The van der Waals surface area contributed by atoms with E-state index in [-0.39, 0.29) is 6.04 Å². The van der Waals surface area contributed by atoms with Gasteiger partial charge in [0.25, 0.3) is 0 Å². The van der Waals surface area contributed by atoms with Crippen molar-refractivity contribution in [1.82, 2.24) is 24.6 Å². The number of hydrogen-bond donors (Lipinski definition) is 0. The van der Waals surface area contributed by atoms with Crippen molar-refractivity contribution in [3.05, 3.63) is 63.2 Å². The van der Waals surface area contributed by atoms with E-state index in [4.69, 9.17) is 0 Å². The van der Waals surface area contributed by atoms with Crippen molar-refractivity contribution in [3.8, 4) is 11.1 Å². The minimum atomic E-state index is 0.266. The van der Waals surface area contributed by atoms with Crippen LogP contribution in [0.1, 0.15) is 17.3 Å². The van der Waals surface area contributed by atoms with Crippen LogP contribution >= 0.6 is 22.7 Å². The maximum atomic E-state index is 4.57. The van der Waals surface area contributed by atoms with Gasteiger partial charge in [0.1, 0.15) is 5.69 Å². The van der Waals surface area contributed by atoms with Crippen molar-refractivity contribution >= 4 is 28.2 Å². The summed E-state index contributed by atoms with van der Waals surface area (Å²) in [6.07, 6.45) is 2.08. The van der Waals surface area contributed by atoms with Crippen LogP contribution in [0, 0.1) is 0 Å². The summed E-state index contributed by atoms with van der Waals surface area (Å²) in [6.45, 7) is 4.12. The largest absolute Gasteiger partial charge is 0.296 e. The third-order valence-corrected chi connectivity index (χ3v) is 6.74. The lowest BCUT2D eigenvalue weighted by Crippen LogP contribution is -2.46. The SMILES string of the molecule is CN1CCN(Cc2ccsc2)CC1c1nnn2cc(-c3ccsc3)ccc12. The molecule has 0 saturated carbocycles. The predicted molar refractivity (Wildman–Crippen MR) is 111 cm³/mol. The van der Waals surface area contributed by atoms with Gasteiger partial charge in [0.2, 0.25) is 0 Å². The quantitative estimate of drug-likeness (QED) is 0.523. The Bertz CT molecular complexity index is 1020. The zero-order valence-electron chi connectivity index (χ0n) is 15.2. The fourth-order valence-corrected chi connectivity index (χ4v) is 5.09. The molecule has 5 heterocycles. The molecule has 0 aliphatic carbocycles. The smallest absolute Gasteiger partial charge is 0.109 e. The molecule has 0 spiro atoms. The molecule has 0 N–H and O–H groups in total. The fraction of sp³-hybridized carbons (Fsp3) is 0.300. The Morgan fingerprint density at radius 2 is 1.93 bits per heavy atom. The predicted octanol–water partition coefficient (Wildman–Crippen LogP) is 4.01. The molecule has 4 aromatic heterocycles. The monoisotopic (exact) mass is 395 g/mol. The van der Waals surface area contributed by atoms with Crippen LogP contribution in [0.25, 0.3) is 16.6 Å². The van der Waals surface area contributed by atoms with E-state index in [1.807, 2.05) is 4.52 Å². The number of aromatic nitrogens is 3. The van der Waals surface area contributed by atoms with Gasteiger partial charge < -0.3 is 0 Å². The van der Waals surface area contributed by atoms with Crippen LogP contribution in [0.5, 0.6) is 0 Å². The second-order valence-corrected chi connectivity index (χ2v) is 8.66. The molecule has 1 saturated heterocycles. The van der Waals surface area contributed by atoms with Gasteiger partial charge in [-0.2, -0.15) is 22.7 Å². The summed E-state index contributed by atoms with van der Waals surface area (Å²) < 4.78 is 1.92. The van der Waals surface area contributed by atoms with Crippen LogP contribution in [-0.4, -0.2) is 51.3 Å². The van der Waals surface area contributed by atoms with Crippen LogP contribution < -0.4 is 0 Å². The third-order valence-electron chi connectivity index (χ3n) is 5.33. The number of thiophene rings is 2. The minimum absolute atomic E-state index is 0.266. The zero-order valence-corrected chi connectivity index (χ0v) is 16.8. The number of piperazine rings is 1. The van der Waals surface area contributed by atoms with Gasteiger partial charge in [0.05, 0.1) is 11.6 Å². The van der Waals surface area contributed by atoms with Crippen molar-refractivity contribution in [3.63, 3.8) is 0 Å². The summed E-state index contributed by atoms with van der Waals surface area (Å²) in [5.41, 5.74) is 5.98. The van der Waals surface area contributed by atoms with E-state index in [9.17, 15) is 0 Å². The molecule has 4 aromatic rings. The fourth-order valence-electron chi connectivity index (χ4n) is 3.76. The van der Waals surface area contributed by atoms with Crippen LogP contribution in [0.3, 0.4) is 0 Å². The van der Waals surface area contributed by atoms with E-state index in [2.05, 4.69) is 79.1 Å². The Hall–Kier alpha value is -2.06. The Labute approximate surface area is 166 Å². The summed E-state index contributed by atoms with van der Waals surface area (Å²) in [5.74, 6) is 0. The molecular formula is C20H21N5S2. The molecule has 1 aliphatic heterocycles. The molecule has 0 amide bonds. The van der Waals surface area contributed by atoms with Gasteiger partial charge in [0.15, 0.2) is 0 Å². The zero-order chi connectivity index (χ0) is 18.2. The first kappa shape index (κ1) is 17.1. The summed E-state index contributed by atoms with van der Waals surface area (Å²) in [5, 5.41) is 17.7. The summed E-state index contributed by atoms with van der Waals surface area (Å²) in [6, 6.07) is 8.96. The second kappa shape index (κ2) is 7.16. The average molecular weight is 396 g/mol. The van der Waals surface area contributed by atoms with Gasteiger partial charge in [-0.05, 0) is 57.9 Å². The third kappa shape index (κ3) is 3.32. The lowest BCUT2D eigenvalue weighted by atomic mass is 10.1. The highest BCUT2D eigenvalue weighted by atomic mass is 32.1. The van der Waals surface area contributed by atoms with Gasteiger partial charge in [-0.3, -0.25) is 9.80 Å². The summed E-state index contributed by atoms with van der Waals surface area (Å²) in [4.78, 5) is 4.93. The molecule has 5 nitrogen and oxygen atoms in total. The van der Waals surface area contributed by atoms with Crippen LogP contribution in [0.2, 0.25) is 0 Å². The first-order valence-corrected chi connectivity index (χ1v) is 11.0. The number of pyridine rings is 1. The number of likely N-dealkylation sites (N-methyl/N-ethyl adjacent to an activating group) is 1. The highest BCUT2D eigenvalue weighted by Crippen LogP contribution is 2.29. The first-order chi connectivity index (χ1) is 13.3. The second-order valence-electron chi connectivity index (χ2n) is 7.10. The molecule has 138 valence electrons. The lowest BCUT2D eigenvalue weighted by molar-refractivity contribution is 0.0890. The Morgan fingerprint density at radius 3 is 2.74 bits per heavy atom. The van der Waals surface area contributed by atoms with E-state index in [0.717, 1.165) is 37.4 Å². The number of hydrogen-bond acceptors (Lipinski definition) is 6. The first-order valence-electron chi connectivity index (χ1n) is 9.09. The van der Waals surface area contributed by atoms with E-state index in [0.29, 0.717) is 0 Å². The van der Waals surface area contributed by atoms with Gasteiger partial charge in [0, 0.05) is 37.9 Å². The highest BCUT2D eigenvalue weighted by Gasteiger charge is 2.29. The molecule has 27 heavy (non-hydrogen) atoms.